The average Bonchev–Trinajstić information content (AvgIpc) is 2.72. The van der Waals surface area contributed by atoms with Gasteiger partial charge in [0.15, 0.2) is 0 Å². The van der Waals surface area contributed by atoms with E-state index in [2.05, 4.69) is 11.6 Å². The van der Waals surface area contributed by atoms with Crippen LogP contribution in [-0.2, 0) is 23.0 Å². The molecule has 0 aliphatic rings. The van der Waals surface area contributed by atoms with Crippen molar-refractivity contribution in [3.8, 4) is 0 Å². The average molecular weight is 263 g/mol. The molecule has 0 aliphatic carbocycles. The van der Waals surface area contributed by atoms with E-state index < -0.39 is 10.0 Å². The topological polar surface area (TPSA) is 66.4 Å². The number of aliphatic hydroxyl groups is 1. The maximum atomic E-state index is 11.4. The highest BCUT2D eigenvalue weighted by Gasteiger charge is 2.09. The summed E-state index contributed by atoms with van der Waals surface area (Å²) in [6.07, 6.45) is 1.25. The minimum Gasteiger partial charge on any atom is -0.396 e. The first-order chi connectivity index (χ1) is 7.57. The van der Waals surface area contributed by atoms with Crippen LogP contribution in [0.4, 0.5) is 0 Å². The van der Waals surface area contributed by atoms with E-state index in [9.17, 15) is 8.42 Å². The lowest BCUT2D eigenvalue weighted by molar-refractivity contribution is 0.295. The summed E-state index contributed by atoms with van der Waals surface area (Å²) >= 11 is 1.62. The summed E-state index contributed by atoms with van der Waals surface area (Å²) < 4.78 is 25.4. The first-order valence-corrected chi connectivity index (χ1v) is 7.70. The molecule has 6 heteroatoms. The molecule has 4 nitrogen and oxygen atoms in total. The monoisotopic (exact) mass is 263 g/mol. The summed E-state index contributed by atoms with van der Waals surface area (Å²) in [7, 11) is -3.24. The van der Waals surface area contributed by atoms with E-state index in [1.165, 1.54) is 4.88 Å². The number of hydrogen-bond acceptors (Lipinski definition) is 4. The number of thiophene rings is 1. The quantitative estimate of drug-likeness (QED) is 0.774. The number of aliphatic hydroxyl groups excluding tert-OH is 1. The molecule has 0 radical (unpaired) electrons. The van der Waals surface area contributed by atoms with Gasteiger partial charge in [0.05, 0.1) is 5.75 Å². The number of hydrogen-bond donors (Lipinski definition) is 2. The molecule has 0 spiro atoms. The van der Waals surface area contributed by atoms with Crippen LogP contribution in [0, 0.1) is 0 Å². The molecule has 0 unspecified atom stereocenters. The third-order valence-electron chi connectivity index (χ3n) is 2.10. The molecule has 16 heavy (non-hydrogen) atoms. The Balaban J connectivity index is 2.44. The van der Waals surface area contributed by atoms with Gasteiger partial charge in [0.1, 0.15) is 0 Å². The van der Waals surface area contributed by atoms with Gasteiger partial charge in [0, 0.05) is 22.9 Å². The van der Waals surface area contributed by atoms with Crippen molar-refractivity contribution < 1.29 is 13.5 Å². The van der Waals surface area contributed by atoms with Crippen molar-refractivity contribution in [2.24, 2.45) is 0 Å². The van der Waals surface area contributed by atoms with Gasteiger partial charge in [-0.1, -0.05) is 6.92 Å². The number of sulfonamides is 1. The van der Waals surface area contributed by atoms with E-state index in [-0.39, 0.29) is 18.8 Å². The van der Waals surface area contributed by atoms with Crippen LogP contribution < -0.4 is 4.72 Å². The highest BCUT2D eigenvalue weighted by Crippen LogP contribution is 2.16. The Bertz CT molecular complexity index is 411. The van der Waals surface area contributed by atoms with Crippen LogP contribution >= 0.6 is 11.3 Å². The van der Waals surface area contributed by atoms with Crippen molar-refractivity contribution in [1.29, 1.82) is 0 Å². The molecule has 1 heterocycles. The molecule has 0 bridgehead atoms. The van der Waals surface area contributed by atoms with Crippen molar-refractivity contribution in [3.05, 3.63) is 21.9 Å². The zero-order valence-electron chi connectivity index (χ0n) is 9.27. The molecule has 92 valence electrons. The molecular formula is C10H17NO3S2. The Kier molecular flexibility index (Phi) is 5.40. The lowest BCUT2D eigenvalue weighted by Gasteiger charge is -2.03. The summed E-state index contributed by atoms with van der Waals surface area (Å²) in [5.41, 5.74) is 0. The molecule has 1 aromatic rings. The van der Waals surface area contributed by atoms with Gasteiger partial charge in [-0.3, -0.25) is 0 Å². The van der Waals surface area contributed by atoms with Gasteiger partial charge in [-0.05, 0) is 25.0 Å². The zero-order chi connectivity index (χ0) is 12.0. The van der Waals surface area contributed by atoms with Crippen LogP contribution in [0.1, 0.15) is 23.1 Å². The zero-order valence-corrected chi connectivity index (χ0v) is 10.9. The summed E-state index contributed by atoms with van der Waals surface area (Å²) in [4.78, 5) is 2.27. The molecule has 0 saturated heterocycles. The van der Waals surface area contributed by atoms with Gasteiger partial charge in [-0.25, -0.2) is 13.1 Å². The molecule has 0 amide bonds. The minimum atomic E-state index is -3.24. The van der Waals surface area contributed by atoms with Gasteiger partial charge in [-0.15, -0.1) is 11.3 Å². The number of rotatable bonds is 7. The van der Waals surface area contributed by atoms with Gasteiger partial charge in [0.2, 0.25) is 10.0 Å². The molecule has 1 rings (SSSR count). The molecule has 0 aromatic carbocycles. The van der Waals surface area contributed by atoms with Crippen LogP contribution in [-0.4, -0.2) is 25.9 Å². The van der Waals surface area contributed by atoms with Crippen molar-refractivity contribution in [1.82, 2.24) is 4.72 Å². The second-order valence-electron chi connectivity index (χ2n) is 3.44. The van der Waals surface area contributed by atoms with Gasteiger partial charge >= 0.3 is 0 Å². The van der Waals surface area contributed by atoms with Crippen LogP contribution in [0.5, 0.6) is 0 Å². The Hall–Kier alpha value is -0.430. The fourth-order valence-electron chi connectivity index (χ4n) is 1.22. The van der Waals surface area contributed by atoms with Crippen LogP contribution in [0.25, 0.3) is 0 Å². The second kappa shape index (κ2) is 6.34. The van der Waals surface area contributed by atoms with Crippen LogP contribution in [0.3, 0.4) is 0 Å². The first-order valence-electron chi connectivity index (χ1n) is 5.23. The van der Waals surface area contributed by atoms with E-state index in [0.717, 1.165) is 11.3 Å². The standard InChI is InChI=1S/C10H17NO3S2/c1-2-9-4-5-10(15-9)8-11-16(13,14)7-3-6-12/h4-5,11-12H,2-3,6-8H2,1H3. The highest BCUT2D eigenvalue weighted by atomic mass is 32.2. The Morgan fingerprint density at radius 2 is 2.06 bits per heavy atom. The third kappa shape index (κ3) is 4.61. The third-order valence-corrected chi connectivity index (χ3v) is 4.74. The van der Waals surface area contributed by atoms with E-state index in [4.69, 9.17) is 5.11 Å². The molecule has 0 fully saturated rings. The summed E-state index contributed by atoms with van der Waals surface area (Å²) in [6.45, 7) is 2.32. The minimum absolute atomic E-state index is 0.0183. The van der Waals surface area contributed by atoms with Crippen molar-refractivity contribution in [2.75, 3.05) is 12.4 Å². The van der Waals surface area contributed by atoms with Gasteiger partial charge < -0.3 is 5.11 Å². The van der Waals surface area contributed by atoms with Crippen molar-refractivity contribution in [2.45, 2.75) is 26.3 Å². The smallest absolute Gasteiger partial charge is 0.212 e. The van der Waals surface area contributed by atoms with Crippen LogP contribution in [0.15, 0.2) is 12.1 Å². The van der Waals surface area contributed by atoms with E-state index >= 15 is 0 Å². The van der Waals surface area contributed by atoms with Gasteiger partial charge in [-0.2, -0.15) is 0 Å². The predicted octanol–water partition coefficient (Wildman–Crippen LogP) is 1.11. The van der Waals surface area contributed by atoms with E-state index in [1.54, 1.807) is 11.3 Å². The maximum absolute atomic E-state index is 11.4. The van der Waals surface area contributed by atoms with E-state index in [1.807, 2.05) is 12.1 Å². The lowest BCUT2D eigenvalue weighted by Crippen LogP contribution is -2.25. The lowest BCUT2D eigenvalue weighted by atomic mass is 10.4. The molecular weight excluding hydrogens is 246 g/mol. The fourth-order valence-corrected chi connectivity index (χ4v) is 3.23. The van der Waals surface area contributed by atoms with Crippen LogP contribution in [0.2, 0.25) is 0 Å². The van der Waals surface area contributed by atoms with E-state index in [0.29, 0.717) is 6.54 Å². The first kappa shape index (κ1) is 13.6. The molecule has 0 saturated carbocycles. The summed E-state index contributed by atoms with van der Waals surface area (Å²) in [5, 5.41) is 8.56. The summed E-state index contributed by atoms with van der Waals surface area (Å²) in [5.74, 6) is -0.0183. The molecule has 0 atom stereocenters. The summed E-state index contributed by atoms with van der Waals surface area (Å²) in [6, 6.07) is 3.96. The largest absolute Gasteiger partial charge is 0.396 e. The molecule has 0 aliphatic heterocycles. The Morgan fingerprint density at radius 3 is 2.62 bits per heavy atom. The number of aryl methyl sites for hydroxylation is 1. The normalized spacial score (nSPS) is 11.9. The predicted molar refractivity (Wildman–Crippen MR) is 66.0 cm³/mol. The number of nitrogens with one attached hydrogen (secondary N) is 1. The Morgan fingerprint density at radius 1 is 1.38 bits per heavy atom. The maximum Gasteiger partial charge on any atom is 0.212 e. The Labute approximate surface area is 100 Å². The SMILES string of the molecule is CCc1ccc(CNS(=O)(=O)CCCO)s1. The second-order valence-corrected chi connectivity index (χ2v) is 6.62. The van der Waals surface area contributed by atoms with Gasteiger partial charge in [0.25, 0.3) is 0 Å². The van der Waals surface area contributed by atoms with Crippen molar-refractivity contribution in [3.63, 3.8) is 0 Å². The highest BCUT2D eigenvalue weighted by molar-refractivity contribution is 7.89. The molecule has 2 N–H and O–H groups in total. The molecule has 1 aromatic heterocycles. The van der Waals surface area contributed by atoms with Crippen molar-refractivity contribution >= 4 is 21.4 Å². The fraction of sp³-hybridized carbons (Fsp3) is 0.600.